The third-order valence-corrected chi connectivity index (χ3v) is 8.61. The molecule has 186 valence electrons. The number of nitrogens with zero attached hydrogens (tertiary/aromatic N) is 1. The Morgan fingerprint density at radius 3 is 2.09 bits per heavy atom. The van der Waals surface area contributed by atoms with Crippen molar-refractivity contribution in [2.24, 2.45) is 0 Å². The summed E-state index contributed by atoms with van der Waals surface area (Å²) in [7, 11) is -7.34. The number of nitrogens with one attached hydrogen (secondary N) is 1. The lowest BCUT2D eigenvalue weighted by Crippen LogP contribution is -2.42. The SMILES string of the molecule is CCC(NC(=O)CN(c1cc(C)ccc1C)S(=O)(=O)c1ccccc1)c1ccc(S(C)(=O)=O)cc1. The molecule has 1 unspecified atom stereocenters. The van der Waals surface area contributed by atoms with E-state index in [1.165, 1.54) is 24.3 Å². The van der Waals surface area contributed by atoms with Gasteiger partial charge in [-0.05, 0) is 67.3 Å². The largest absolute Gasteiger partial charge is 0.348 e. The molecule has 1 amide bonds. The molecule has 3 aromatic rings. The van der Waals surface area contributed by atoms with Crippen molar-refractivity contribution in [3.63, 3.8) is 0 Å². The molecule has 0 aliphatic rings. The van der Waals surface area contributed by atoms with Crippen LogP contribution in [0.1, 0.15) is 36.1 Å². The van der Waals surface area contributed by atoms with Crippen molar-refractivity contribution in [2.75, 3.05) is 17.1 Å². The minimum absolute atomic E-state index is 0.0945. The Morgan fingerprint density at radius 1 is 0.886 bits per heavy atom. The Morgan fingerprint density at radius 2 is 1.51 bits per heavy atom. The number of hydrogen-bond donors (Lipinski definition) is 1. The number of amides is 1. The van der Waals surface area contributed by atoms with Crippen molar-refractivity contribution in [1.82, 2.24) is 5.32 Å². The monoisotopic (exact) mass is 514 g/mol. The van der Waals surface area contributed by atoms with E-state index in [1.807, 2.05) is 26.0 Å². The van der Waals surface area contributed by atoms with E-state index < -0.39 is 38.4 Å². The average molecular weight is 515 g/mol. The number of anilines is 1. The molecule has 0 aliphatic carbocycles. The van der Waals surface area contributed by atoms with Crippen molar-refractivity contribution >= 4 is 31.5 Å². The van der Waals surface area contributed by atoms with E-state index in [0.29, 0.717) is 12.1 Å². The number of benzene rings is 3. The minimum Gasteiger partial charge on any atom is -0.348 e. The Labute approximate surface area is 207 Å². The van der Waals surface area contributed by atoms with Gasteiger partial charge in [-0.15, -0.1) is 0 Å². The van der Waals surface area contributed by atoms with Crippen LogP contribution >= 0.6 is 0 Å². The lowest BCUT2D eigenvalue weighted by molar-refractivity contribution is -0.120. The highest BCUT2D eigenvalue weighted by atomic mass is 32.2. The molecule has 0 heterocycles. The van der Waals surface area contributed by atoms with E-state index in [1.54, 1.807) is 43.3 Å². The summed E-state index contributed by atoms with van der Waals surface area (Å²) in [5.74, 6) is -0.468. The molecular formula is C26H30N2O5S2. The Kier molecular flexibility index (Phi) is 8.02. The summed E-state index contributed by atoms with van der Waals surface area (Å²) in [6.07, 6.45) is 1.68. The van der Waals surface area contributed by atoms with Crippen LogP contribution in [-0.4, -0.2) is 35.5 Å². The average Bonchev–Trinajstić information content (AvgIpc) is 2.82. The van der Waals surface area contributed by atoms with Gasteiger partial charge in [0.2, 0.25) is 5.91 Å². The molecule has 3 rings (SSSR count). The summed E-state index contributed by atoms with van der Waals surface area (Å²) >= 11 is 0. The summed E-state index contributed by atoms with van der Waals surface area (Å²) in [4.78, 5) is 13.4. The first-order chi connectivity index (χ1) is 16.4. The predicted octanol–water partition coefficient (Wildman–Crippen LogP) is 4.17. The van der Waals surface area contributed by atoms with Crippen molar-refractivity contribution in [3.8, 4) is 0 Å². The van der Waals surface area contributed by atoms with Gasteiger partial charge in [0.1, 0.15) is 6.54 Å². The molecule has 1 atom stereocenters. The normalized spacial score (nSPS) is 12.7. The molecule has 0 saturated carbocycles. The van der Waals surface area contributed by atoms with Crippen molar-refractivity contribution in [3.05, 3.63) is 89.5 Å². The maximum Gasteiger partial charge on any atom is 0.264 e. The first-order valence-corrected chi connectivity index (χ1v) is 14.5. The summed E-state index contributed by atoms with van der Waals surface area (Å²) in [6.45, 7) is 5.15. The van der Waals surface area contributed by atoms with Crippen LogP contribution in [0.4, 0.5) is 5.69 Å². The number of sulfonamides is 1. The number of hydrogen-bond acceptors (Lipinski definition) is 5. The van der Waals surface area contributed by atoms with Gasteiger partial charge >= 0.3 is 0 Å². The molecule has 1 N–H and O–H groups in total. The Hall–Kier alpha value is -3.17. The second-order valence-electron chi connectivity index (χ2n) is 8.48. The molecule has 0 spiro atoms. The van der Waals surface area contributed by atoms with Crippen LogP contribution in [-0.2, 0) is 24.7 Å². The molecular weight excluding hydrogens is 484 g/mol. The van der Waals surface area contributed by atoms with Gasteiger partial charge in [-0.2, -0.15) is 0 Å². The number of rotatable bonds is 9. The van der Waals surface area contributed by atoms with Gasteiger partial charge in [0.25, 0.3) is 10.0 Å². The van der Waals surface area contributed by atoms with Gasteiger partial charge in [0, 0.05) is 6.26 Å². The highest BCUT2D eigenvalue weighted by Crippen LogP contribution is 2.28. The van der Waals surface area contributed by atoms with Crippen molar-refractivity contribution in [2.45, 2.75) is 43.0 Å². The molecule has 0 aromatic heterocycles. The number of carbonyl (C=O) groups excluding carboxylic acids is 1. The van der Waals surface area contributed by atoms with Crippen LogP contribution in [0.3, 0.4) is 0 Å². The third kappa shape index (κ3) is 6.29. The minimum atomic E-state index is -4.01. The van der Waals surface area contributed by atoms with Crippen LogP contribution in [0.5, 0.6) is 0 Å². The maximum absolute atomic E-state index is 13.6. The molecule has 0 aliphatic heterocycles. The van der Waals surface area contributed by atoms with Crippen LogP contribution < -0.4 is 9.62 Å². The zero-order valence-corrected chi connectivity index (χ0v) is 21.9. The zero-order chi connectivity index (χ0) is 25.8. The van der Waals surface area contributed by atoms with E-state index in [4.69, 9.17) is 0 Å². The fraction of sp³-hybridized carbons (Fsp3) is 0.269. The molecule has 3 aromatic carbocycles. The van der Waals surface area contributed by atoms with Crippen LogP contribution in [0.2, 0.25) is 0 Å². The first-order valence-electron chi connectivity index (χ1n) is 11.2. The van der Waals surface area contributed by atoms with Gasteiger partial charge < -0.3 is 5.32 Å². The second kappa shape index (κ2) is 10.6. The highest BCUT2D eigenvalue weighted by Gasteiger charge is 2.29. The Bertz CT molecular complexity index is 1400. The van der Waals surface area contributed by atoms with E-state index in [9.17, 15) is 21.6 Å². The summed E-state index contributed by atoms with van der Waals surface area (Å²) in [5.41, 5.74) is 2.77. The van der Waals surface area contributed by atoms with Gasteiger partial charge in [-0.1, -0.05) is 49.4 Å². The Balaban J connectivity index is 1.92. The fourth-order valence-electron chi connectivity index (χ4n) is 3.75. The zero-order valence-electron chi connectivity index (χ0n) is 20.2. The smallest absolute Gasteiger partial charge is 0.264 e. The van der Waals surface area contributed by atoms with Gasteiger partial charge in [0.05, 0.1) is 21.5 Å². The molecule has 0 saturated heterocycles. The third-order valence-electron chi connectivity index (χ3n) is 5.71. The topological polar surface area (TPSA) is 101 Å². The molecule has 35 heavy (non-hydrogen) atoms. The van der Waals surface area contributed by atoms with Gasteiger partial charge in [-0.3, -0.25) is 9.10 Å². The fourth-order valence-corrected chi connectivity index (χ4v) is 5.88. The quantitative estimate of drug-likeness (QED) is 0.462. The number of aryl methyl sites for hydroxylation is 2. The van der Waals surface area contributed by atoms with Gasteiger partial charge in [-0.25, -0.2) is 16.8 Å². The van der Waals surface area contributed by atoms with Crippen LogP contribution in [0.25, 0.3) is 0 Å². The maximum atomic E-state index is 13.6. The summed E-state index contributed by atoms with van der Waals surface area (Å²) in [6, 6.07) is 19.4. The lowest BCUT2D eigenvalue weighted by atomic mass is 10.0. The number of sulfone groups is 1. The van der Waals surface area contributed by atoms with E-state index in [2.05, 4.69) is 5.32 Å². The van der Waals surface area contributed by atoms with E-state index >= 15 is 0 Å². The molecule has 9 heteroatoms. The molecule has 0 radical (unpaired) electrons. The summed E-state index contributed by atoms with van der Waals surface area (Å²) < 4.78 is 51.8. The molecule has 0 fully saturated rings. The summed E-state index contributed by atoms with van der Waals surface area (Å²) in [5, 5.41) is 2.90. The van der Waals surface area contributed by atoms with Crippen molar-refractivity contribution < 1.29 is 21.6 Å². The second-order valence-corrected chi connectivity index (χ2v) is 12.4. The van der Waals surface area contributed by atoms with Crippen LogP contribution in [0.15, 0.2) is 82.6 Å². The standard InChI is InChI=1S/C26H30N2O5S2/c1-5-24(21-13-15-22(16-14-21)34(4,30)31)27-26(29)18-28(25-17-19(2)11-12-20(25)3)35(32,33)23-9-7-6-8-10-23/h6-17,24H,5,18H2,1-4H3,(H,27,29). The molecule has 0 bridgehead atoms. The first kappa shape index (κ1) is 26.4. The van der Waals surface area contributed by atoms with Gasteiger partial charge in [0.15, 0.2) is 9.84 Å². The van der Waals surface area contributed by atoms with E-state index in [0.717, 1.165) is 27.3 Å². The highest BCUT2D eigenvalue weighted by molar-refractivity contribution is 7.93. The van der Waals surface area contributed by atoms with Crippen LogP contribution in [0, 0.1) is 13.8 Å². The molecule has 7 nitrogen and oxygen atoms in total. The predicted molar refractivity (Wildman–Crippen MR) is 138 cm³/mol. The lowest BCUT2D eigenvalue weighted by Gasteiger charge is -2.27. The number of carbonyl (C=O) groups is 1. The van der Waals surface area contributed by atoms with Crippen molar-refractivity contribution in [1.29, 1.82) is 0 Å². The van der Waals surface area contributed by atoms with E-state index in [-0.39, 0.29) is 9.79 Å².